The van der Waals surface area contributed by atoms with Crippen LogP contribution < -0.4 is 5.32 Å². The Balaban J connectivity index is 2.62. The van der Waals surface area contributed by atoms with Crippen molar-refractivity contribution >= 4 is 5.69 Å². The molecule has 13 heavy (non-hydrogen) atoms. The van der Waals surface area contributed by atoms with Gasteiger partial charge in [0, 0.05) is 11.7 Å². The van der Waals surface area contributed by atoms with E-state index >= 15 is 0 Å². The number of nitrogens with one attached hydrogen (secondary N) is 1. The summed E-state index contributed by atoms with van der Waals surface area (Å²) in [6, 6.07) is 10.6. The fraction of sp³-hybridized carbons (Fsp3) is 0.333. The fourth-order valence-electron chi connectivity index (χ4n) is 1.22. The molecule has 0 fully saturated rings. The van der Waals surface area contributed by atoms with Crippen LogP contribution in [-0.4, -0.2) is 6.04 Å². The largest absolute Gasteiger partial charge is 0.379 e. The lowest BCUT2D eigenvalue weighted by atomic mass is 10.0. The van der Waals surface area contributed by atoms with E-state index in [0.29, 0.717) is 12.0 Å². The van der Waals surface area contributed by atoms with Gasteiger partial charge >= 0.3 is 0 Å². The summed E-state index contributed by atoms with van der Waals surface area (Å²) in [5, 5.41) is 3.41. The molecular weight excluding hydrogens is 158 g/mol. The van der Waals surface area contributed by atoms with E-state index < -0.39 is 0 Å². The Kier molecular flexibility index (Phi) is 3.56. The standard InChI is InChI=1S/C12H17N/c1-4-12(10(2)3)13-11-8-6-5-7-9-11/h4-10,12-13H,1H2,2-3H3. The van der Waals surface area contributed by atoms with Crippen molar-refractivity contribution < 1.29 is 0 Å². The summed E-state index contributed by atoms with van der Waals surface area (Å²) in [6.07, 6.45) is 1.96. The predicted molar refractivity (Wildman–Crippen MR) is 58.9 cm³/mol. The minimum Gasteiger partial charge on any atom is -0.379 e. The van der Waals surface area contributed by atoms with Gasteiger partial charge in [0.2, 0.25) is 0 Å². The van der Waals surface area contributed by atoms with Crippen molar-refractivity contribution in [3.63, 3.8) is 0 Å². The third-order valence-corrected chi connectivity index (χ3v) is 2.08. The lowest BCUT2D eigenvalue weighted by molar-refractivity contribution is 0.601. The number of benzene rings is 1. The first-order valence-electron chi connectivity index (χ1n) is 4.68. The van der Waals surface area contributed by atoms with Gasteiger partial charge < -0.3 is 5.32 Å². The molecule has 1 N–H and O–H groups in total. The monoisotopic (exact) mass is 175 g/mol. The van der Waals surface area contributed by atoms with Crippen molar-refractivity contribution in [1.29, 1.82) is 0 Å². The normalized spacial score (nSPS) is 12.5. The van der Waals surface area contributed by atoms with Crippen LogP contribution in [0.2, 0.25) is 0 Å². The molecule has 0 saturated carbocycles. The quantitative estimate of drug-likeness (QED) is 0.692. The summed E-state index contributed by atoms with van der Waals surface area (Å²) in [5.41, 5.74) is 1.15. The number of anilines is 1. The van der Waals surface area contributed by atoms with Gasteiger partial charge in [-0.05, 0) is 18.1 Å². The van der Waals surface area contributed by atoms with Crippen LogP contribution in [0.25, 0.3) is 0 Å². The molecule has 0 radical (unpaired) electrons. The Labute approximate surface area is 80.5 Å². The van der Waals surface area contributed by atoms with Gasteiger partial charge in [0.1, 0.15) is 0 Å². The lowest BCUT2D eigenvalue weighted by Gasteiger charge is -2.19. The summed E-state index contributed by atoms with van der Waals surface area (Å²) in [4.78, 5) is 0. The van der Waals surface area contributed by atoms with Gasteiger partial charge in [0.15, 0.2) is 0 Å². The van der Waals surface area contributed by atoms with E-state index in [-0.39, 0.29) is 0 Å². The maximum Gasteiger partial charge on any atom is 0.0464 e. The molecule has 1 rings (SSSR count). The number of hydrogen-bond acceptors (Lipinski definition) is 1. The first-order chi connectivity index (χ1) is 6.24. The van der Waals surface area contributed by atoms with Crippen molar-refractivity contribution in [1.82, 2.24) is 0 Å². The second-order valence-corrected chi connectivity index (χ2v) is 3.52. The van der Waals surface area contributed by atoms with Gasteiger partial charge in [0.25, 0.3) is 0 Å². The maximum atomic E-state index is 3.82. The van der Waals surface area contributed by atoms with Gasteiger partial charge in [-0.15, -0.1) is 6.58 Å². The highest BCUT2D eigenvalue weighted by atomic mass is 14.9. The number of para-hydroxylation sites is 1. The Bertz CT molecular complexity index is 251. The minimum absolute atomic E-state index is 0.349. The van der Waals surface area contributed by atoms with E-state index in [1.807, 2.05) is 24.3 Å². The first-order valence-corrected chi connectivity index (χ1v) is 4.68. The number of hydrogen-bond donors (Lipinski definition) is 1. The van der Waals surface area contributed by atoms with Gasteiger partial charge in [0.05, 0.1) is 0 Å². The van der Waals surface area contributed by atoms with E-state index in [9.17, 15) is 0 Å². The molecule has 0 aliphatic carbocycles. The topological polar surface area (TPSA) is 12.0 Å². The van der Waals surface area contributed by atoms with Gasteiger partial charge in [-0.2, -0.15) is 0 Å². The minimum atomic E-state index is 0.349. The average molecular weight is 175 g/mol. The van der Waals surface area contributed by atoms with Crippen molar-refractivity contribution in [2.24, 2.45) is 5.92 Å². The molecule has 70 valence electrons. The summed E-state index contributed by atoms with van der Waals surface area (Å²) in [6.45, 7) is 8.18. The van der Waals surface area contributed by atoms with Crippen LogP contribution in [0.15, 0.2) is 43.0 Å². The molecule has 1 atom stereocenters. The van der Waals surface area contributed by atoms with E-state index in [1.165, 1.54) is 0 Å². The lowest BCUT2D eigenvalue weighted by Crippen LogP contribution is -2.22. The third-order valence-electron chi connectivity index (χ3n) is 2.08. The Hall–Kier alpha value is -1.24. The zero-order valence-electron chi connectivity index (χ0n) is 8.33. The zero-order chi connectivity index (χ0) is 9.68. The molecule has 1 heteroatoms. The van der Waals surface area contributed by atoms with E-state index in [2.05, 4.69) is 37.9 Å². The van der Waals surface area contributed by atoms with Crippen molar-refractivity contribution in [3.8, 4) is 0 Å². The summed E-state index contributed by atoms with van der Waals surface area (Å²) < 4.78 is 0. The second-order valence-electron chi connectivity index (χ2n) is 3.52. The molecular formula is C12H17N. The van der Waals surface area contributed by atoms with Crippen LogP contribution in [0.4, 0.5) is 5.69 Å². The molecule has 1 aromatic carbocycles. The first kappa shape index (κ1) is 9.85. The molecule has 0 saturated heterocycles. The van der Waals surface area contributed by atoms with Gasteiger partial charge in [-0.25, -0.2) is 0 Å². The van der Waals surface area contributed by atoms with E-state index in [1.54, 1.807) is 0 Å². The summed E-state index contributed by atoms with van der Waals surface area (Å²) >= 11 is 0. The molecule has 1 nitrogen and oxygen atoms in total. The molecule has 1 aromatic rings. The summed E-state index contributed by atoms with van der Waals surface area (Å²) in [7, 11) is 0. The predicted octanol–water partition coefficient (Wildman–Crippen LogP) is 3.31. The van der Waals surface area contributed by atoms with Crippen molar-refractivity contribution in [3.05, 3.63) is 43.0 Å². The zero-order valence-corrected chi connectivity index (χ0v) is 8.33. The molecule has 0 heterocycles. The van der Waals surface area contributed by atoms with E-state index in [4.69, 9.17) is 0 Å². The second kappa shape index (κ2) is 4.70. The molecule has 0 aliphatic heterocycles. The maximum absolute atomic E-state index is 3.82. The van der Waals surface area contributed by atoms with Crippen LogP contribution >= 0.6 is 0 Å². The Morgan fingerprint density at radius 1 is 1.23 bits per heavy atom. The Morgan fingerprint density at radius 2 is 1.85 bits per heavy atom. The van der Waals surface area contributed by atoms with E-state index in [0.717, 1.165) is 5.69 Å². The molecule has 1 unspecified atom stereocenters. The van der Waals surface area contributed by atoms with Crippen LogP contribution in [-0.2, 0) is 0 Å². The van der Waals surface area contributed by atoms with Gasteiger partial charge in [-0.1, -0.05) is 38.1 Å². The average Bonchev–Trinajstić information content (AvgIpc) is 2.15. The van der Waals surface area contributed by atoms with Crippen LogP contribution in [0, 0.1) is 5.92 Å². The SMILES string of the molecule is C=CC(Nc1ccccc1)C(C)C. The molecule has 0 bridgehead atoms. The fourth-order valence-corrected chi connectivity index (χ4v) is 1.22. The van der Waals surface area contributed by atoms with Crippen LogP contribution in [0.5, 0.6) is 0 Å². The van der Waals surface area contributed by atoms with Crippen molar-refractivity contribution in [2.75, 3.05) is 5.32 Å². The third kappa shape index (κ3) is 2.94. The molecule has 0 spiro atoms. The number of rotatable bonds is 4. The highest BCUT2D eigenvalue weighted by Crippen LogP contribution is 2.12. The summed E-state index contributed by atoms with van der Waals surface area (Å²) in [5.74, 6) is 0.567. The van der Waals surface area contributed by atoms with Crippen LogP contribution in [0.3, 0.4) is 0 Å². The molecule has 0 aliphatic rings. The van der Waals surface area contributed by atoms with Gasteiger partial charge in [-0.3, -0.25) is 0 Å². The van der Waals surface area contributed by atoms with Crippen molar-refractivity contribution in [2.45, 2.75) is 19.9 Å². The smallest absolute Gasteiger partial charge is 0.0464 e. The van der Waals surface area contributed by atoms with Crippen LogP contribution in [0.1, 0.15) is 13.8 Å². The molecule has 0 aromatic heterocycles. The highest BCUT2D eigenvalue weighted by molar-refractivity contribution is 5.44. The Morgan fingerprint density at radius 3 is 2.31 bits per heavy atom. The molecule has 0 amide bonds. The highest BCUT2D eigenvalue weighted by Gasteiger charge is 2.07.